The summed E-state index contributed by atoms with van der Waals surface area (Å²) in [5.74, 6) is 0.000512. The van der Waals surface area contributed by atoms with E-state index in [-0.39, 0.29) is 24.4 Å². The number of halogens is 1. The smallest absolute Gasteiger partial charge is 0.257 e. The third-order valence-electron chi connectivity index (χ3n) is 3.44. The number of nitrogens with two attached hydrogens (primary N) is 1. The zero-order valence-corrected chi connectivity index (χ0v) is 11.8. The van der Waals surface area contributed by atoms with Crippen LogP contribution in [0.25, 0.3) is 11.3 Å². The van der Waals surface area contributed by atoms with Gasteiger partial charge in [-0.2, -0.15) is 5.10 Å². The van der Waals surface area contributed by atoms with Gasteiger partial charge in [-0.3, -0.25) is 9.89 Å². The highest BCUT2D eigenvalue weighted by atomic mass is 35.5. The number of amides is 1. The van der Waals surface area contributed by atoms with Crippen LogP contribution in [0.1, 0.15) is 16.8 Å². The lowest BCUT2D eigenvalue weighted by Gasteiger charge is -2.15. The van der Waals surface area contributed by atoms with Gasteiger partial charge in [0.25, 0.3) is 5.91 Å². The molecule has 1 amide bonds. The number of carbonyl (C=O) groups is 1. The minimum absolute atomic E-state index is 0. The topological polar surface area (TPSA) is 75.0 Å². The molecule has 0 spiro atoms. The SMILES string of the molecule is Cl.N[C@@H]1CCN(C(=O)c2cn[nH]c2-c2ccccc2)C1. The monoisotopic (exact) mass is 292 g/mol. The highest BCUT2D eigenvalue weighted by Crippen LogP contribution is 2.23. The Hall–Kier alpha value is -1.85. The maximum absolute atomic E-state index is 12.5. The van der Waals surface area contributed by atoms with E-state index in [0.29, 0.717) is 12.1 Å². The molecule has 1 aliphatic rings. The van der Waals surface area contributed by atoms with Crippen LogP contribution < -0.4 is 5.73 Å². The number of nitrogens with zero attached hydrogens (tertiary/aromatic N) is 2. The van der Waals surface area contributed by atoms with Crippen LogP contribution in [0, 0.1) is 0 Å². The third kappa shape index (κ3) is 2.69. The second kappa shape index (κ2) is 6.07. The van der Waals surface area contributed by atoms with Crippen LogP contribution in [0.2, 0.25) is 0 Å². The molecule has 1 aromatic carbocycles. The summed E-state index contributed by atoms with van der Waals surface area (Å²) >= 11 is 0. The molecule has 1 aromatic heterocycles. The van der Waals surface area contributed by atoms with Crippen LogP contribution in [0.3, 0.4) is 0 Å². The average molecular weight is 293 g/mol. The average Bonchev–Trinajstić information content (AvgIpc) is 3.07. The fourth-order valence-electron chi connectivity index (χ4n) is 2.42. The molecule has 106 valence electrons. The van der Waals surface area contributed by atoms with Crippen LogP contribution in [0.5, 0.6) is 0 Å². The molecule has 0 bridgehead atoms. The molecule has 6 heteroatoms. The third-order valence-corrected chi connectivity index (χ3v) is 3.44. The maximum Gasteiger partial charge on any atom is 0.257 e. The van der Waals surface area contributed by atoms with Gasteiger partial charge in [0.1, 0.15) is 0 Å². The summed E-state index contributed by atoms with van der Waals surface area (Å²) in [6.07, 6.45) is 2.46. The summed E-state index contributed by atoms with van der Waals surface area (Å²) < 4.78 is 0. The molecule has 0 aliphatic carbocycles. The van der Waals surface area contributed by atoms with Crippen molar-refractivity contribution in [3.8, 4) is 11.3 Å². The first-order valence-electron chi connectivity index (χ1n) is 6.39. The maximum atomic E-state index is 12.5. The highest BCUT2D eigenvalue weighted by molar-refractivity contribution is 5.99. The van der Waals surface area contributed by atoms with Crippen molar-refractivity contribution in [3.63, 3.8) is 0 Å². The molecule has 5 nitrogen and oxygen atoms in total. The van der Waals surface area contributed by atoms with Gasteiger partial charge in [-0.25, -0.2) is 0 Å². The normalized spacial score (nSPS) is 17.9. The van der Waals surface area contributed by atoms with Gasteiger partial charge in [-0.1, -0.05) is 30.3 Å². The first-order valence-corrected chi connectivity index (χ1v) is 6.39. The predicted octanol–water partition coefficient (Wildman–Crippen LogP) is 1.67. The number of carbonyl (C=O) groups excluding carboxylic acids is 1. The molecule has 1 fully saturated rings. The zero-order valence-electron chi connectivity index (χ0n) is 11.0. The lowest BCUT2D eigenvalue weighted by atomic mass is 10.1. The van der Waals surface area contributed by atoms with Crippen molar-refractivity contribution in [1.29, 1.82) is 0 Å². The fraction of sp³-hybridized carbons (Fsp3) is 0.286. The van der Waals surface area contributed by atoms with Gasteiger partial charge in [-0.15, -0.1) is 12.4 Å². The molecule has 0 saturated carbocycles. The van der Waals surface area contributed by atoms with Gasteiger partial charge < -0.3 is 10.6 Å². The molecule has 2 aromatic rings. The van der Waals surface area contributed by atoms with E-state index in [0.717, 1.165) is 24.2 Å². The Kier molecular flexibility index (Phi) is 4.42. The first-order chi connectivity index (χ1) is 9.25. The first kappa shape index (κ1) is 14.6. The Bertz CT molecular complexity index is 584. The largest absolute Gasteiger partial charge is 0.337 e. The Morgan fingerprint density at radius 3 is 2.75 bits per heavy atom. The minimum atomic E-state index is 0. The zero-order chi connectivity index (χ0) is 13.2. The molecule has 2 heterocycles. The summed E-state index contributed by atoms with van der Waals surface area (Å²) in [5.41, 5.74) is 8.19. The van der Waals surface area contributed by atoms with Crippen LogP contribution in [-0.4, -0.2) is 40.1 Å². The van der Waals surface area contributed by atoms with Crippen molar-refractivity contribution in [2.24, 2.45) is 5.73 Å². The Labute approximate surface area is 123 Å². The van der Waals surface area contributed by atoms with Crippen molar-refractivity contribution in [2.45, 2.75) is 12.5 Å². The molecule has 1 atom stereocenters. The lowest BCUT2D eigenvalue weighted by molar-refractivity contribution is 0.0791. The number of likely N-dealkylation sites (tertiary alicyclic amines) is 1. The van der Waals surface area contributed by atoms with E-state index in [1.54, 1.807) is 11.1 Å². The summed E-state index contributed by atoms with van der Waals surface area (Å²) in [6.45, 7) is 1.34. The van der Waals surface area contributed by atoms with Crippen LogP contribution in [0.4, 0.5) is 0 Å². The number of aromatic amines is 1. The summed E-state index contributed by atoms with van der Waals surface area (Å²) in [4.78, 5) is 14.3. The fourth-order valence-corrected chi connectivity index (χ4v) is 2.42. The van der Waals surface area contributed by atoms with E-state index in [9.17, 15) is 4.79 Å². The van der Waals surface area contributed by atoms with Gasteiger partial charge in [0, 0.05) is 24.7 Å². The molecule has 0 unspecified atom stereocenters. The number of nitrogens with one attached hydrogen (secondary N) is 1. The second-order valence-corrected chi connectivity index (χ2v) is 4.82. The minimum Gasteiger partial charge on any atom is -0.337 e. The van der Waals surface area contributed by atoms with Crippen molar-refractivity contribution in [3.05, 3.63) is 42.1 Å². The molecule has 20 heavy (non-hydrogen) atoms. The molecule has 0 radical (unpaired) electrons. The quantitative estimate of drug-likeness (QED) is 0.884. The predicted molar refractivity (Wildman–Crippen MR) is 79.8 cm³/mol. The van der Waals surface area contributed by atoms with Crippen LogP contribution in [-0.2, 0) is 0 Å². The van der Waals surface area contributed by atoms with Crippen molar-refractivity contribution in [2.75, 3.05) is 13.1 Å². The van der Waals surface area contributed by atoms with Crippen molar-refractivity contribution < 1.29 is 4.79 Å². The van der Waals surface area contributed by atoms with E-state index in [1.165, 1.54) is 0 Å². The van der Waals surface area contributed by atoms with E-state index in [4.69, 9.17) is 5.73 Å². The second-order valence-electron chi connectivity index (χ2n) is 4.82. The molecule has 1 aliphatic heterocycles. The molecule has 3 N–H and O–H groups in total. The highest BCUT2D eigenvalue weighted by Gasteiger charge is 2.27. The number of hydrogen-bond acceptors (Lipinski definition) is 3. The Morgan fingerprint density at radius 2 is 2.10 bits per heavy atom. The number of benzene rings is 1. The lowest BCUT2D eigenvalue weighted by Crippen LogP contribution is -2.31. The Morgan fingerprint density at radius 1 is 1.35 bits per heavy atom. The summed E-state index contributed by atoms with van der Waals surface area (Å²) in [7, 11) is 0. The van der Waals surface area contributed by atoms with E-state index in [2.05, 4.69) is 10.2 Å². The molecular weight excluding hydrogens is 276 g/mol. The van der Waals surface area contributed by atoms with E-state index >= 15 is 0 Å². The van der Waals surface area contributed by atoms with Crippen LogP contribution in [0.15, 0.2) is 36.5 Å². The van der Waals surface area contributed by atoms with Gasteiger partial charge in [0.15, 0.2) is 0 Å². The molecule has 3 rings (SSSR count). The number of hydrogen-bond donors (Lipinski definition) is 2. The van der Waals surface area contributed by atoms with E-state index in [1.807, 2.05) is 30.3 Å². The van der Waals surface area contributed by atoms with Crippen molar-refractivity contribution in [1.82, 2.24) is 15.1 Å². The van der Waals surface area contributed by atoms with Gasteiger partial charge in [0.2, 0.25) is 0 Å². The Balaban J connectivity index is 0.00000147. The number of rotatable bonds is 2. The summed E-state index contributed by atoms with van der Waals surface area (Å²) in [5, 5.41) is 6.92. The number of H-pyrrole nitrogens is 1. The van der Waals surface area contributed by atoms with Crippen LogP contribution >= 0.6 is 12.4 Å². The summed E-state index contributed by atoms with van der Waals surface area (Å²) in [6, 6.07) is 9.84. The van der Waals surface area contributed by atoms with Gasteiger partial charge in [-0.05, 0) is 6.42 Å². The molecule has 1 saturated heterocycles. The van der Waals surface area contributed by atoms with E-state index < -0.39 is 0 Å². The molecular formula is C14H17ClN4O. The standard InChI is InChI=1S/C14H16N4O.ClH/c15-11-6-7-18(9-11)14(19)12-8-16-17-13(12)10-4-2-1-3-5-10;/h1-5,8,11H,6-7,9,15H2,(H,16,17);1H/t11-;/m1./s1. The number of aromatic nitrogens is 2. The van der Waals surface area contributed by atoms with Gasteiger partial charge in [0.05, 0.1) is 17.5 Å². The van der Waals surface area contributed by atoms with Crippen molar-refractivity contribution >= 4 is 18.3 Å². The van der Waals surface area contributed by atoms with Gasteiger partial charge >= 0.3 is 0 Å².